The number of unbranched alkanes of at least 4 members (excludes halogenated alkanes) is 1. The predicted octanol–water partition coefficient (Wildman–Crippen LogP) is 2.23. The lowest BCUT2D eigenvalue weighted by Crippen LogP contribution is -2.55. The Kier molecular flexibility index (Phi) is 7.41. The van der Waals surface area contributed by atoms with E-state index in [1.165, 1.54) is 0 Å². The second kappa shape index (κ2) is 9.53. The van der Waals surface area contributed by atoms with Gasteiger partial charge in [0.25, 0.3) is 0 Å². The number of hydrogen-bond donors (Lipinski definition) is 1. The molecule has 3 rings (SSSR count). The molecule has 2 bridgehead atoms. The van der Waals surface area contributed by atoms with Gasteiger partial charge >= 0.3 is 5.97 Å². The van der Waals surface area contributed by atoms with E-state index >= 15 is 0 Å². The summed E-state index contributed by atoms with van der Waals surface area (Å²) in [4.78, 5) is 44.0. The number of likely N-dealkylation sites (tertiary alicyclic amines) is 1. The molecule has 3 fully saturated rings. The van der Waals surface area contributed by atoms with Crippen molar-refractivity contribution in [2.45, 2.75) is 68.4 Å². The fourth-order valence-electron chi connectivity index (χ4n) is 5.75. The van der Waals surface area contributed by atoms with E-state index in [-0.39, 0.29) is 31.0 Å². The van der Waals surface area contributed by atoms with E-state index in [4.69, 9.17) is 4.74 Å². The highest BCUT2D eigenvalue weighted by atomic mass is 32.2. The smallest absolute Gasteiger partial charge is 0.311 e. The van der Waals surface area contributed by atoms with Crippen LogP contribution in [-0.2, 0) is 19.1 Å². The summed E-state index contributed by atoms with van der Waals surface area (Å²) >= 11 is 1.65. The average Bonchev–Trinajstić information content (AvgIpc) is 3.30. The molecule has 1 spiro atoms. The van der Waals surface area contributed by atoms with Gasteiger partial charge in [0.2, 0.25) is 11.8 Å². The summed E-state index contributed by atoms with van der Waals surface area (Å²) in [6, 6.07) is -0.625. The molecule has 5 atom stereocenters. The molecule has 1 N–H and O–H groups in total. The number of fused-ring (bicyclic) bond motifs is 1. The first-order chi connectivity index (χ1) is 14.8. The van der Waals surface area contributed by atoms with Crippen molar-refractivity contribution in [2.24, 2.45) is 11.8 Å². The van der Waals surface area contributed by atoms with Gasteiger partial charge in [0.05, 0.1) is 23.2 Å². The zero-order valence-corrected chi connectivity index (χ0v) is 19.8. The molecule has 2 amide bonds. The van der Waals surface area contributed by atoms with Crippen molar-refractivity contribution in [3.63, 3.8) is 0 Å². The van der Waals surface area contributed by atoms with Crippen molar-refractivity contribution in [3.05, 3.63) is 12.7 Å². The van der Waals surface area contributed by atoms with Gasteiger partial charge in [0.15, 0.2) is 0 Å². The third kappa shape index (κ3) is 3.90. The van der Waals surface area contributed by atoms with Crippen LogP contribution in [0.25, 0.3) is 0 Å². The molecule has 0 saturated carbocycles. The number of aliphatic hydroxyl groups is 1. The minimum absolute atomic E-state index is 0.0548. The first-order valence-electron chi connectivity index (χ1n) is 11.5. The molecule has 8 heteroatoms. The molecule has 3 aliphatic heterocycles. The second-order valence-corrected chi connectivity index (χ2v) is 10.9. The Morgan fingerprint density at radius 2 is 2.10 bits per heavy atom. The molecule has 0 aromatic heterocycles. The molecule has 7 nitrogen and oxygen atoms in total. The number of esters is 1. The van der Waals surface area contributed by atoms with Gasteiger partial charge in [0, 0.05) is 31.0 Å². The fraction of sp³-hybridized carbons (Fsp3) is 0.783. The van der Waals surface area contributed by atoms with E-state index in [9.17, 15) is 19.5 Å². The quantitative estimate of drug-likeness (QED) is 0.382. The third-order valence-corrected chi connectivity index (χ3v) is 9.04. The number of thioether (sulfide) groups is 1. The molecule has 3 aliphatic rings. The molecule has 0 aromatic rings. The van der Waals surface area contributed by atoms with Gasteiger partial charge in [-0.25, -0.2) is 0 Å². The first-order valence-corrected chi connectivity index (χ1v) is 12.3. The molecule has 0 aliphatic carbocycles. The maximum absolute atomic E-state index is 13.9. The predicted molar refractivity (Wildman–Crippen MR) is 120 cm³/mol. The fourth-order valence-corrected chi connectivity index (χ4v) is 8.08. The minimum Gasteiger partial charge on any atom is -0.466 e. The van der Waals surface area contributed by atoms with Crippen LogP contribution in [0.5, 0.6) is 0 Å². The topological polar surface area (TPSA) is 87.2 Å². The van der Waals surface area contributed by atoms with Gasteiger partial charge in [-0.05, 0) is 39.5 Å². The van der Waals surface area contributed by atoms with E-state index in [1.54, 1.807) is 34.6 Å². The molecule has 174 valence electrons. The summed E-state index contributed by atoms with van der Waals surface area (Å²) in [5.74, 6) is -1.64. The van der Waals surface area contributed by atoms with Crippen molar-refractivity contribution in [1.29, 1.82) is 0 Å². The monoisotopic (exact) mass is 452 g/mol. The largest absolute Gasteiger partial charge is 0.466 e. The number of amides is 2. The summed E-state index contributed by atoms with van der Waals surface area (Å²) in [5.41, 5.74) is 0. The number of hydrogen-bond acceptors (Lipinski definition) is 6. The van der Waals surface area contributed by atoms with E-state index < -0.39 is 27.4 Å². The van der Waals surface area contributed by atoms with Gasteiger partial charge in [-0.3, -0.25) is 14.4 Å². The van der Waals surface area contributed by atoms with Crippen molar-refractivity contribution < 1.29 is 24.2 Å². The summed E-state index contributed by atoms with van der Waals surface area (Å²) in [5, 5.41) is 9.41. The van der Waals surface area contributed by atoms with Crippen molar-refractivity contribution in [3.8, 4) is 0 Å². The van der Waals surface area contributed by atoms with Gasteiger partial charge in [-0.1, -0.05) is 19.4 Å². The van der Waals surface area contributed by atoms with Crippen LogP contribution < -0.4 is 0 Å². The zero-order chi connectivity index (χ0) is 22.8. The van der Waals surface area contributed by atoms with E-state index in [0.717, 1.165) is 25.7 Å². The Bertz CT molecular complexity index is 731. The highest BCUT2D eigenvalue weighted by Crippen LogP contribution is 2.71. The Labute approximate surface area is 189 Å². The minimum atomic E-state index is -0.625. The molecular formula is C23H36N2O5S. The molecular weight excluding hydrogens is 416 g/mol. The van der Waals surface area contributed by atoms with Gasteiger partial charge in [-0.2, -0.15) is 0 Å². The average molecular weight is 453 g/mol. The normalized spacial score (nSPS) is 33.5. The number of carbonyl (C=O) groups is 3. The Morgan fingerprint density at radius 1 is 1.35 bits per heavy atom. The lowest BCUT2D eigenvalue weighted by atomic mass is 9.66. The SMILES string of the molecule is C=CCN(CCCC)C(=O)C1N(CCCO)C(=O)[C@@H]2[C@H](C(=O)OCC)[C@]3(C)CCC12S3. The molecule has 2 unspecified atom stereocenters. The van der Waals surface area contributed by atoms with Crippen LogP contribution in [0.1, 0.15) is 52.9 Å². The van der Waals surface area contributed by atoms with Crippen molar-refractivity contribution in [2.75, 3.05) is 32.8 Å². The standard InChI is InChI=1S/C23H36N2O5S/c1-5-8-13-24(12-6-2)20(28)18-23-11-10-22(4,31-23)17(21(29)30-7-3)16(23)19(27)25(18)14-9-15-26/h6,16-18,26H,2,5,7-15H2,1,3-4H3/t16-,17+,18?,22-,23?/m0/s1. The van der Waals surface area contributed by atoms with E-state index in [1.807, 2.05) is 6.92 Å². The zero-order valence-electron chi connectivity index (χ0n) is 19.0. The highest BCUT2D eigenvalue weighted by molar-refractivity contribution is 8.02. The van der Waals surface area contributed by atoms with Gasteiger partial charge in [-0.15, -0.1) is 18.3 Å². The van der Waals surface area contributed by atoms with Crippen LogP contribution in [0.2, 0.25) is 0 Å². The summed E-state index contributed by atoms with van der Waals surface area (Å²) in [6.07, 6.45) is 5.47. The Morgan fingerprint density at radius 3 is 2.71 bits per heavy atom. The summed E-state index contributed by atoms with van der Waals surface area (Å²) in [7, 11) is 0. The molecule has 3 saturated heterocycles. The lowest BCUT2D eigenvalue weighted by molar-refractivity contribution is -0.155. The van der Waals surface area contributed by atoms with E-state index in [0.29, 0.717) is 26.1 Å². The van der Waals surface area contributed by atoms with Gasteiger partial charge in [0.1, 0.15) is 6.04 Å². The first kappa shape index (κ1) is 24.1. The number of rotatable bonds is 11. The van der Waals surface area contributed by atoms with Crippen LogP contribution in [0.3, 0.4) is 0 Å². The van der Waals surface area contributed by atoms with Crippen molar-refractivity contribution >= 4 is 29.5 Å². The number of aliphatic hydroxyl groups excluding tert-OH is 1. The summed E-state index contributed by atoms with van der Waals surface area (Å²) in [6.45, 7) is 11.3. The lowest BCUT2D eigenvalue weighted by Gasteiger charge is -2.37. The number of nitrogens with zero attached hydrogens (tertiary/aromatic N) is 2. The van der Waals surface area contributed by atoms with Crippen LogP contribution in [-0.4, -0.2) is 81.1 Å². The highest BCUT2D eigenvalue weighted by Gasteiger charge is 2.77. The molecule has 0 radical (unpaired) electrons. The van der Waals surface area contributed by atoms with Crippen LogP contribution in [0.15, 0.2) is 12.7 Å². The number of ether oxygens (including phenoxy) is 1. The number of carbonyl (C=O) groups excluding carboxylic acids is 3. The maximum Gasteiger partial charge on any atom is 0.311 e. The second-order valence-electron chi connectivity index (χ2n) is 9.01. The van der Waals surface area contributed by atoms with Crippen LogP contribution in [0, 0.1) is 11.8 Å². The molecule has 0 aromatic carbocycles. The van der Waals surface area contributed by atoms with Crippen LogP contribution in [0.4, 0.5) is 0 Å². The van der Waals surface area contributed by atoms with Crippen molar-refractivity contribution in [1.82, 2.24) is 9.80 Å². The van der Waals surface area contributed by atoms with Crippen LogP contribution >= 0.6 is 11.8 Å². The summed E-state index contributed by atoms with van der Waals surface area (Å²) < 4.78 is 4.35. The Hall–Kier alpha value is -1.54. The third-order valence-electron chi connectivity index (χ3n) is 7.05. The van der Waals surface area contributed by atoms with Gasteiger partial charge < -0.3 is 19.6 Å². The maximum atomic E-state index is 13.9. The molecule has 3 heterocycles. The molecule has 31 heavy (non-hydrogen) atoms. The Balaban J connectivity index is 2.02. The van der Waals surface area contributed by atoms with E-state index in [2.05, 4.69) is 13.5 Å².